The lowest BCUT2D eigenvalue weighted by atomic mass is 10.3. The highest BCUT2D eigenvalue weighted by molar-refractivity contribution is 7.89. The molecule has 0 saturated heterocycles. The number of benzene rings is 2. The third-order valence-electron chi connectivity index (χ3n) is 3.84. The maximum absolute atomic E-state index is 12.1. The van der Waals surface area contributed by atoms with E-state index in [0.717, 1.165) is 5.75 Å². The largest absolute Gasteiger partial charge is 0.494 e. The average molecular weight is 436 g/mol. The van der Waals surface area contributed by atoms with E-state index >= 15 is 0 Å². The highest BCUT2D eigenvalue weighted by Crippen LogP contribution is 2.18. The van der Waals surface area contributed by atoms with Crippen LogP contribution in [-0.4, -0.2) is 39.6 Å². The molecule has 0 aliphatic rings. The first-order chi connectivity index (χ1) is 14.2. The molecule has 10 heteroatoms. The molecule has 2 rings (SSSR count). The number of hydrogen-bond donors (Lipinski definition) is 2. The van der Waals surface area contributed by atoms with Crippen LogP contribution in [0.4, 0.5) is 5.69 Å². The Bertz CT molecular complexity index is 958. The van der Waals surface area contributed by atoms with Crippen molar-refractivity contribution in [2.45, 2.75) is 31.3 Å². The summed E-state index contributed by atoms with van der Waals surface area (Å²) >= 11 is 0. The fraction of sp³-hybridized carbons (Fsp3) is 0.300. The Morgan fingerprint density at radius 3 is 2.10 bits per heavy atom. The first-order valence-corrected chi connectivity index (χ1v) is 10.7. The van der Waals surface area contributed by atoms with Crippen molar-refractivity contribution in [1.29, 1.82) is 0 Å². The average Bonchev–Trinajstić information content (AvgIpc) is 2.69. The minimum absolute atomic E-state index is 0.0338. The number of nitrogens with two attached hydrogens (primary N) is 1. The molecule has 0 heterocycles. The Morgan fingerprint density at radius 2 is 1.57 bits per heavy atom. The highest BCUT2D eigenvalue weighted by atomic mass is 32.2. The molecule has 0 spiro atoms. The standard InChI is InChI=1S/C20H24N2O7S/c1-3-27-16-6-8-17(9-7-16)28-13-12-19(23)29-14(2)20(24)22-15-4-10-18(11-5-15)30(21,25)26/h4-11,14H,3,12-13H2,1-2H3,(H,22,24)(H2,21,25,26). The van der Waals surface area contributed by atoms with E-state index in [2.05, 4.69) is 5.32 Å². The second kappa shape index (κ2) is 10.6. The molecule has 9 nitrogen and oxygen atoms in total. The van der Waals surface area contributed by atoms with E-state index < -0.39 is 28.0 Å². The number of carbonyl (C=O) groups excluding carboxylic acids is 2. The normalized spacial score (nSPS) is 12.0. The van der Waals surface area contributed by atoms with Gasteiger partial charge < -0.3 is 19.5 Å². The zero-order valence-electron chi connectivity index (χ0n) is 16.7. The summed E-state index contributed by atoms with van der Waals surface area (Å²) in [4.78, 5) is 24.0. The van der Waals surface area contributed by atoms with E-state index in [9.17, 15) is 18.0 Å². The van der Waals surface area contributed by atoms with Crippen LogP contribution in [0.25, 0.3) is 0 Å². The van der Waals surface area contributed by atoms with Crippen LogP contribution in [0.1, 0.15) is 20.3 Å². The SMILES string of the molecule is CCOc1ccc(OCCC(=O)OC(C)C(=O)Nc2ccc(S(N)(=O)=O)cc2)cc1. The fourth-order valence-corrected chi connectivity index (χ4v) is 2.85. The molecule has 30 heavy (non-hydrogen) atoms. The van der Waals surface area contributed by atoms with Crippen LogP contribution in [0.2, 0.25) is 0 Å². The quantitative estimate of drug-likeness (QED) is 0.545. The van der Waals surface area contributed by atoms with Gasteiger partial charge in [-0.1, -0.05) is 0 Å². The van der Waals surface area contributed by atoms with Crippen LogP contribution in [0.15, 0.2) is 53.4 Å². The summed E-state index contributed by atoms with van der Waals surface area (Å²) in [5.41, 5.74) is 0.342. The van der Waals surface area contributed by atoms with Gasteiger partial charge in [-0.25, -0.2) is 13.6 Å². The monoisotopic (exact) mass is 436 g/mol. The summed E-state index contributed by atoms with van der Waals surface area (Å²) in [7, 11) is -3.81. The van der Waals surface area contributed by atoms with Gasteiger partial charge >= 0.3 is 5.97 Å². The minimum atomic E-state index is -3.81. The number of anilines is 1. The first-order valence-electron chi connectivity index (χ1n) is 9.18. The minimum Gasteiger partial charge on any atom is -0.494 e. The summed E-state index contributed by atoms with van der Waals surface area (Å²) in [6.45, 7) is 3.98. The van der Waals surface area contributed by atoms with Crippen molar-refractivity contribution in [1.82, 2.24) is 0 Å². The molecule has 2 aromatic rings. The number of nitrogens with one attached hydrogen (secondary N) is 1. The zero-order valence-corrected chi connectivity index (χ0v) is 17.5. The molecule has 1 amide bonds. The van der Waals surface area contributed by atoms with Gasteiger partial charge in [-0.05, 0) is 62.4 Å². The first kappa shape index (κ1) is 23.2. The van der Waals surface area contributed by atoms with Crippen molar-refractivity contribution in [3.63, 3.8) is 0 Å². The Morgan fingerprint density at radius 1 is 1.00 bits per heavy atom. The molecule has 1 atom stereocenters. The summed E-state index contributed by atoms with van der Waals surface area (Å²) in [5.74, 6) is 0.163. The number of carbonyl (C=O) groups is 2. The van der Waals surface area contributed by atoms with Crippen LogP contribution in [0.5, 0.6) is 11.5 Å². The van der Waals surface area contributed by atoms with Gasteiger partial charge in [0.05, 0.1) is 24.5 Å². The third kappa shape index (κ3) is 7.37. The summed E-state index contributed by atoms with van der Waals surface area (Å²) in [6, 6.07) is 12.3. The van der Waals surface area contributed by atoms with E-state index in [4.69, 9.17) is 19.3 Å². The number of rotatable bonds is 10. The molecule has 0 saturated carbocycles. The zero-order chi connectivity index (χ0) is 22.1. The van der Waals surface area contributed by atoms with E-state index in [-0.39, 0.29) is 17.9 Å². The molecule has 0 bridgehead atoms. The van der Waals surface area contributed by atoms with E-state index in [1.54, 1.807) is 24.3 Å². The van der Waals surface area contributed by atoms with Crippen molar-refractivity contribution in [3.05, 3.63) is 48.5 Å². The van der Waals surface area contributed by atoms with Crippen LogP contribution in [0, 0.1) is 0 Å². The smallest absolute Gasteiger partial charge is 0.310 e. The molecule has 0 fully saturated rings. The summed E-state index contributed by atoms with van der Waals surface area (Å²) < 4.78 is 38.4. The molecule has 2 aromatic carbocycles. The van der Waals surface area contributed by atoms with E-state index in [1.807, 2.05) is 6.92 Å². The van der Waals surface area contributed by atoms with Gasteiger partial charge in [0.2, 0.25) is 10.0 Å². The number of hydrogen-bond acceptors (Lipinski definition) is 7. The molecule has 0 aromatic heterocycles. The van der Waals surface area contributed by atoms with Crippen LogP contribution < -0.4 is 19.9 Å². The van der Waals surface area contributed by atoms with Crippen molar-refractivity contribution < 1.29 is 32.2 Å². The predicted molar refractivity (Wildman–Crippen MR) is 110 cm³/mol. The second-order valence-electron chi connectivity index (χ2n) is 6.19. The van der Waals surface area contributed by atoms with Crippen molar-refractivity contribution in [2.75, 3.05) is 18.5 Å². The van der Waals surface area contributed by atoms with Gasteiger partial charge in [0.1, 0.15) is 11.5 Å². The number of amides is 1. The number of ether oxygens (including phenoxy) is 3. The lowest BCUT2D eigenvalue weighted by Gasteiger charge is -2.14. The molecule has 162 valence electrons. The Labute approximate surface area is 175 Å². The molecular formula is C20H24N2O7S. The van der Waals surface area contributed by atoms with E-state index in [1.165, 1.54) is 31.2 Å². The number of esters is 1. The Balaban J connectivity index is 1.75. The number of sulfonamides is 1. The molecule has 1 unspecified atom stereocenters. The lowest BCUT2D eigenvalue weighted by molar-refractivity contribution is -0.153. The van der Waals surface area contributed by atoms with Gasteiger partial charge in [-0.2, -0.15) is 0 Å². The highest BCUT2D eigenvalue weighted by Gasteiger charge is 2.18. The van der Waals surface area contributed by atoms with Gasteiger partial charge in [0, 0.05) is 5.69 Å². The van der Waals surface area contributed by atoms with Crippen LogP contribution in [-0.2, 0) is 24.3 Å². The molecule has 3 N–H and O–H groups in total. The Kier molecular flexibility index (Phi) is 8.19. The van der Waals surface area contributed by atoms with Gasteiger partial charge in [-0.3, -0.25) is 9.59 Å². The second-order valence-corrected chi connectivity index (χ2v) is 7.76. The molecule has 0 aliphatic heterocycles. The van der Waals surface area contributed by atoms with Crippen molar-refractivity contribution in [3.8, 4) is 11.5 Å². The van der Waals surface area contributed by atoms with Gasteiger partial charge in [0.15, 0.2) is 6.10 Å². The predicted octanol–water partition coefficient (Wildman–Crippen LogP) is 2.07. The molecular weight excluding hydrogens is 412 g/mol. The Hall–Kier alpha value is -3.11. The molecule has 0 radical (unpaired) electrons. The van der Waals surface area contributed by atoms with Crippen LogP contribution in [0.3, 0.4) is 0 Å². The third-order valence-corrected chi connectivity index (χ3v) is 4.77. The van der Waals surface area contributed by atoms with E-state index in [0.29, 0.717) is 18.0 Å². The van der Waals surface area contributed by atoms with Gasteiger partial charge in [0.25, 0.3) is 5.91 Å². The van der Waals surface area contributed by atoms with Crippen molar-refractivity contribution >= 4 is 27.6 Å². The summed E-state index contributed by atoms with van der Waals surface area (Å²) in [5, 5.41) is 7.55. The summed E-state index contributed by atoms with van der Waals surface area (Å²) in [6.07, 6.45) is -1.07. The number of primary sulfonamides is 1. The molecule has 0 aliphatic carbocycles. The maximum Gasteiger partial charge on any atom is 0.310 e. The van der Waals surface area contributed by atoms with Crippen LogP contribution >= 0.6 is 0 Å². The topological polar surface area (TPSA) is 134 Å². The maximum atomic E-state index is 12.1. The van der Waals surface area contributed by atoms with Gasteiger partial charge in [-0.15, -0.1) is 0 Å². The lowest BCUT2D eigenvalue weighted by Crippen LogP contribution is -2.30. The fourth-order valence-electron chi connectivity index (χ4n) is 2.33. The van der Waals surface area contributed by atoms with Crippen molar-refractivity contribution in [2.24, 2.45) is 5.14 Å².